The van der Waals surface area contributed by atoms with E-state index in [1.807, 2.05) is 6.08 Å². The Labute approximate surface area is 183 Å². The first-order chi connectivity index (χ1) is 14.4. The molecule has 2 rings (SSSR count). The molecule has 0 aromatic carbocycles. The van der Waals surface area contributed by atoms with Crippen LogP contribution in [0.25, 0.3) is 11.1 Å². The Balaban J connectivity index is 2.44. The second-order valence-corrected chi connectivity index (χ2v) is 8.23. The molecule has 2 aliphatic rings. The smallest absolute Gasteiger partial charge is 0.193 e. The molecule has 0 aromatic rings. The summed E-state index contributed by atoms with van der Waals surface area (Å²) in [7, 11) is 1.76. The van der Waals surface area contributed by atoms with Crippen molar-refractivity contribution in [2.24, 2.45) is 5.92 Å². The van der Waals surface area contributed by atoms with Crippen molar-refractivity contribution in [3.05, 3.63) is 84.0 Å². The highest BCUT2D eigenvalue weighted by atomic mass is 16.7. The third kappa shape index (κ3) is 5.71. The lowest BCUT2D eigenvalue weighted by molar-refractivity contribution is -0.243. The average molecular weight is 407 g/mol. The first-order valence-corrected chi connectivity index (χ1v) is 11.1. The summed E-state index contributed by atoms with van der Waals surface area (Å²) < 4.78 is 12.6. The zero-order valence-electron chi connectivity index (χ0n) is 19.6. The van der Waals surface area contributed by atoms with Gasteiger partial charge in [-0.3, -0.25) is 0 Å². The van der Waals surface area contributed by atoms with E-state index in [4.69, 9.17) is 9.47 Å². The molecule has 2 nitrogen and oxygen atoms in total. The van der Waals surface area contributed by atoms with Crippen LogP contribution in [0.4, 0.5) is 0 Å². The molecule has 0 radical (unpaired) electrons. The predicted molar refractivity (Wildman–Crippen MR) is 129 cm³/mol. The molecular weight excluding hydrogens is 368 g/mol. The topological polar surface area (TPSA) is 18.5 Å². The van der Waals surface area contributed by atoms with Crippen molar-refractivity contribution < 1.29 is 9.47 Å². The molecule has 0 saturated heterocycles. The lowest BCUT2D eigenvalue weighted by Gasteiger charge is -2.40. The standard InChI is InChI=1S/C28H38O2/c1-8-14-23(17-24-18-25-15-12-11-13-16-26(25)19-24)20-27(10-3)28(29-7,21(4)5)30-22(6)9-2/h8,11-16,18-22H,1,9-10,17H2,2-7H3/b23-14-,27-20+. The van der Waals surface area contributed by atoms with Crippen molar-refractivity contribution >= 4 is 0 Å². The molecule has 162 valence electrons. The van der Waals surface area contributed by atoms with E-state index >= 15 is 0 Å². The van der Waals surface area contributed by atoms with Gasteiger partial charge in [0.25, 0.3) is 0 Å². The van der Waals surface area contributed by atoms with Gasteiger partial charge in [-0.25, -0.2) is 0 Å². The van der Waals surface area contributed by atoms with Gasteiger partial charge in [-0.15, -0.1) is 0 Å². The van der Waals surface area contributed by atoms with Crippen molar-refractivity contribution in [3.8, 4) is 11.1 Å². The maximum absolute atomic E-state index is 6.49. The highest BCUT2D eigenvalue weighted by Gasteiger charge is 2.39. The summed E-state index contributed by atoms with van der Waals surface area (Å²) in [6.07, 6.45) is 8.98. The Morgan fingerprint density at radius 2 is 1.70 bits per heavy atom. The maximum atomic E-state index is 6.49. The summed E-state index contributed by atoms with van der Waals surface area (Å²) in [5.74, 6) is -0.538. The fourth-order valence-electron chi connectivity index (χ4n) is 3.98. The number of allylic oxidation sites excluding steroid dienone is 4. The van der Waals surface area contributed by atoms with E-state index in [9.17, 15) is 0 Å². The molecule has 0 amide bonds. The number of fused-ring (bicyclic) bond motifs is 1. The van der Waals surface area contributed by atoms with Crippen LogP contribution in [0.5, 0.6) is 0 Å². The third-order valence-corrected chi connectivity index (χ3v) is 5.73. The van der Waals surface area contributed by atoms with E-state index in [1.54, 1.807) is 7.11 Å². The molecule has 0 heterocycles. The molecule has 0 bridgehead atoms. The van der Waals surface area contributed by atoms with Gasteiger partial charge in [-0.1, -0.05) is 95.0 Å². The lowest BCUT2D eigenvalue weighted by Crippen LogP contribution is -2.44. The molecule has 0 aromatic heterocycles. The van der Waals surface area contributed by atoms with Crippen molar-refractivity contribution in [1.82, 2.24) is 0 Å². The number of ether oxygens (including phenoxy) is 2. The van der Waals surface area contributed by atoms with Gasteiger partial charge in [0.15, 0.2) is 5.79 Å². The van der Waals surface area contributed by atoms with E-state index in [2.05, 4.69) is 95.8 Å². The van der Waals surface area contributed by atoms with E-state index < -0.39 is 5.79 Å². The summed E-state index contributed by atoms with van der Waals surface area (Å²) in [6, 6.07) is 15.1. The Kier molecular flexibility index (Phi) is 9.08. The van der Waals surface area contributed by atoms with Gasteiger partial charge in [-0.05, 0) is 54.0 Å². The molecule has 2 unspecified atom stereocenters. The second kappa shape index (κ2) is 11.3. The molecule has 30 heavy (non-hydrogen) atoms. The molecule has 2 atom stereocenters. The van der Waals surface area contributed by atoms with Crippen LogP contribution in [0.15, 0.2) is 78.4 Å². The van der Waals surface area contributed by atoms with E-state index in [0.29, 0.717) is 0 Å². The highest BCUT2D eigenvalue weighted by molar-refractivity contribution is 5.68. The van der Waals surface area contributed by atoms with Crippen LogP contribution in [0.1, 0.15) is 53.0 Å². The first kappa shape index (κ1) is 24.1. The molecule has 0 N–H and O–H groups in total. The SMILES string of the molecule is C=C/C=C(\C=C(/CC)C(OC)(OC(C)CC)C(C)C)Cc1cc2cccccc-2c1. The van der Waals surface area contributed by atoms with Crippen LogP contribution in [0.3, 0.4) is 0 Å². The van der Waals surface area contributed by atoms with Crippen LogP contribution in [-0.2, 0) is 15.9 Å². The Morgan fingerprint density at radius 1 is 1.07 bits per heavy atom. The number of hydrogen-bond acceptors (Lipinski definition) is 2. The Bertz CT molecular complexity index is 815. The molecule has 0 spiro atoms. The predicted octanol–water partition coefficient (Wildman–Crippen LogP) is 7.60. The number of hydrogen-bond donors (Lipinski definition) is 0. The van der Waals surface area contributed by atoms with Gasteiger partial charge in [-0.2, -0.15) is 0 Å². The summed E-state index contributed by atoms with van der Waals surface area (Å²) in [4.78, 5) is 0. The molecule has 0 aliphatic heterocycles. The second-order valence-electron chi connectivity index (χ2n) is 8.23. The van der Waals surface area contributed by atoms with E-state index in [-0.39, 0.29) is 12.0 Å². The third-order valence-electron chi connectivity index (χ3n) is 5.73. The Morgan fingerprint density at radius 3 is 2.17 bits per heavy atom. The minimum absolute atomic E-state index is 0.121. The zero-order chi connectivity index (χ0) is 22.1. The van der Waals surface area contributed by atoms with Gasteiger partial charge < -0.3 is 9.47 Å². The summed E-state index contributed by atoms with van der Waals surface area (Å²) in [5, 5.41) is 0. The van der Waals surface area contributed by atoms with Gasteiger partial charge in [0.2, 0.25) is 0 Å². The van der Waals surface area contributed by atoms with E-state index in [1.165, 1.54) is 22.3 Å². The largest absolute Gasteiger partial charge is 0.349 e. The van der Waals surface area contributed by atoms with Crippen LogP contribution >= 0.6 is 0 Å². The number of rotatable bonds is 11. The molecule has 0 saturated carbocycles. The summed E-state index contributed by atoms with van der Waals surface area (Å²) >= 11 is 0. The average Bonchev–Trinajstić information content (AvgIpc) is 2.97. The van der Waals surface area contributed by atoms with Crippen LogP contribution in [0.2, 0.25) is 0 Å². The monoisotopic (exact) mass is 406 g/mol. The zero-order valence-corrected chi connectivity index (χ0v) is 19.6. The minimum atomic E-state index is -0.727. The van der Waals surface area contributed by atoms with Gasteiger partial charge in [0.1, 0.15) is 0 Å². The highest BCUT2D eigenvalue weighted by Crippen LogP contribution is 2.36. The summed E-state index contributed by atoms with van der Waals surface area (Å²) in [6.45, 7) is 14.7. The number of methoxy groups -OCH3 is 1. The van der Waals surface area contributed by atoms with Gasteiger partial charge in [0, 0.05) is 13.0 Å². The molecule has 0 fully saturated rings. The van der Waals surface area contributed by atoms with Crippen molar-refractivity contribution in [3.63, 3.8) is 0 Å². The lowest BCUT2D eigenvalue weighted by atomic mass is 9.89. The molecule has 2 heteroatoms. The summed E-state index contributed by atoms with van der Waals surface area (Å²) in [5.41, 5.74) is 6.20. The molecule has 2 aliphatic carbocycles. The quantitative estimate of drug-likeness (QED) is 0.282. The maximum Gasteiger partial charge on any atom is 0.193 e. The Hall–Kier alpha value is -2.16. The first-order valence-electron chi connectivity index (χ1n) is 11.1. The minimum Gasteiger partial charge on any atom is -0.349 e. The van der Waals surface area contributed by atoms with Crippen LogP contribution in [0, 0.1) is 5.92 Å². The van der Waals surface area contributed by atoms with Crippen molar-refractivity contribution in [2.45, 2.75) is 65.8 Å². The van der Waals surface area contributed by atoms with Crippen molar-refractivity contribution in [2.75, 3.05) is 7.11 Å². The fraction of sp³-hybridized carbons (Fsp3) is 0.429. The van der Waals surface area contributed by atoms with Gasteiger partial charge >= 0.3 is 0 Å². The van der Waals surface area contributed by atoms with Gasteiger partial charge in [0.05, 0.1) is 6.10 Å². The van der Waals surface area contributed by atoms with E-state index in [0.717, 1.165) is 24.8 Å². The normalized spacial score (nSPS) is 16.0. The van der Waals surface area contributed by atoms with Crippen molar-refractivity contribution in [1.29, 1.82) is 0 Å². The fourth-order valence-corrected chi connectivity index (χ4v) is 3.98. The molecular formula is C28H38O2. The van der Waals surface area contributed by atoms with Crippen LogP contribution < -0.4 is 0 Å². The van der Waals surface area contributed by atoms with Crippen LogP contribution in [-0.4, -0.2) is 19.0 Å².